The maximum atomic E-state index is 11.1. The smallest absolute Gasteiger partial charge is 0.208 e. The molecule has 29 heavy (non-hydrogen) atoms. The van der Waals surface area contributed by atoms with E-state index in [1.165, 1.54) is 0 Å². The predicted molar refractivity (Wildman–Crippen MR) is 115 cm³/mol. The molecule has 4 aromatic carbocycles. The highest BCUT2D eigenvalue weighted by Gasteiger charge is 2.34. The van der Waals surface area contributed by atoms with Crippen molar-refractivity contribution in [3.8, 4) is 11.5 Å². The van der Waals surface area contributed by atoms with Gasteiger partial charge in [0.05, 0.1) is 5.92 Å². The van der Waals surface area contributed by atoms with E-state index in [1.54, 1.807) is 12.1 Å². The lowest BCUT2D eigenvalue weighted by atomic mass is 9.84. The molecule has 4 heteroatoms. The number of rotatable bonds is 3. The third kappa shape index (κ3) is 2.98. The molecule has 0 aromatic heterocycles. The van der Waals surface area contributed by atoms with E-state index in [-0.39, 0.29) is 11.7 Å². The van der Waals surface area contributed by atoms with Gasteiger partial charge >= 0.3 is 0 Å². The van der Waals surface area contributed by atoms with Crippen molar-refractivity contribution in [1.82, 2.24) is 0 Å². The van der Waals surface area contributed by atoms with E-state index in [9.17, 15) is 10.2 Å². The first-order chi connectivity index (χ1) is 14.1. The second kappa shape index (κ2) is 6.83. The minimum Gasteiger partial charge on any atom is -0.508 e. The molecular formula is C25H21NO3. The van der Waals surface area contributed by atoms with Gasteiger partial charge in [0.15, 0.2) is 0 Å². The van der Waals surface area contributed by atoms with Crippen LogP contribution in [0.25, 0.3) is 10.8 Å². The maximum Gasteiger partial charge on any atom is 0.208 e. The number of anilines is 2. The first kappa shape index (κ1) is 17.6. The summed E-state index contributed by atoms with van der Waals surface area (Å²) in [7, 11) is 2.04. The first-order valence-electron chi connectivity index (χ1n) is 9.61. The number of phenols is 1. The number of para-hydroxylation sites is 2. The van der Waals surface area contributed by atoms with E-state index in [0.717, 1.165) is 33.3 Å². The van der Waals surface area contributed by atoms with Gasteiger partial charge in [-0.05, 0) is 58.3 Å². The molecule has 1 aliphatic heterocycles. The van der Waals surface area contributed by atoms with Gasteiger partial charge in [-0.3, -0.25) is 0 Å². The van der Waals surface area contributed by atoms with Crippen LogP contribution >= 0.6 is 0 Å². The third-order valence-corrected chi connectivity index (χ3v) is 5.60. The Labute approximate surface area is 169 Å². The summed E-state index contributed by atoms with van der Waals surface area (Å²) < 4.78 is 6.02. The SMILES string of the molecule is CN1c2ccccc2C(C(O)Oc2ccc3cc(O)ccc3c2)c2ccccc21. The van der Waals surface area contributed by atoms with Gasteiger partial charge < -0.3 is 19.8 Å². The highest BCUT2D eigenvalue weighted by molar-refractivity contribution is 5.85. The Bertz CT molecular complexity index is 1160. The number of aromatic hydroxyl groups is 1. The minimum atomic E-state index is -1.04. The average molecular weight is 383 g/mol. The third-order valence-electron chi connectivity index (χ3n) is 5.60. The van der Waals surface area contributed by atoms with Crippen molar-refractivity contribution >= 4 is 22.1 Å². The molecule has 0 saturated carbocycles. The molecule has 0 spiro atoms. The Hall–Kier alpha value is -3.50. The van der Waals surface area contributed by atoms with Gasteiger partial charge in [-0.2, -0.15) is 0 Å². The molecule has 0 radical (unpaired) electrons. The lowest BCUT2D eigenvalue weighted by Gasteiger charge is -2.37. The lowest BCUT2D eigenvalue weighted by Crippen LogP contribution is -2.31. The first-order valence-corrected chi connectivity index (χ1v) is 9.61. The molecule has 1 unspecified atom stereocenters. The fourth-order valence-electron chi connectivity index (χ4n) is 4.21. The summed E-state index contributed by atoms with van der Waals surface area (Å²) in [6.07, 6.45) is -1.04. The number of benzene rings is 4. The summed E-state index contributed by atoms with van der Waals surface area (Å²) in [6, 6.07) is 27.0. The van der Waals surface area contributed by atoms with Crippen LogP contribution in [0.2, 0.25) is 0 Å². The molecular weight excluding hydrogens is 362 g/mol. The van der Waals surface area contributed by atoms with Crippen LogP contribution in [0.3, 0.4) is 0 Å². The molecule has 5 rings (SSSR count). The van der Waals surface area contributed by atoms with E-state index >= 15 is 0 Å². The van der Waals surface area contributed by atoms with Crippen LogP contribution in [0.4, 0.5) is 11.4 Å². The van der Waals surface area contributed by atoms with E-state index in [1.807, 2.05) is 67.7 Å². The van der Waals surface area contributed by atoms with Gasteiger partial charge in [0.25, 0.3) is 0 Å². The van der Waals surface area contributed by atoms with Gasteiger partial charge in [0.1, 0.15) is 11.5 Å². The standard InChI is InChI=1S/C25H21NO3/c1-26-22-8-4-2-6-20(22)24(21-7-3-5-9-23(21)26)25(28)29-19-13-11-16-14-18(27)12-10-17(16)15-19/h2-15,24-25,27-28H,1H3. The minimum absolute atomic E-state index is 0.228. The van der Waals surface area contributed by atoms with Crippen molar-refractivity contribution in [2.24, 2.45) is 0 Å². The van der Waals surface area contributed by atoms with Crippen molar-refractivity contribution in [3.63, 3.8) is 0 Å². The molecule has 4 nitrogen and oxygen atoms in total. The van der Waals surface area contributed by atoms with Crippen molar-refractivity contribution in [2.45, 2.75) is 12.2 Å². The molecule has 2 N–H and O–H groups in total. The number of nitrogens with zero attached hydrogens (tertiary/aromatic N) is 1. The van der Waals surface area contributed by atoms with Crippen LogP contribution in [0.1, 0.15) is 17.0 Å². The van der Waals surface area contributed by atoms with Gasteiger partial charge in [0, 0.05) is 18.4 Å². The molecule has 1 aliphatic rings. The van der Waals surface area contributed by atoms with Gasteiger partial charge in [-0.25, -0.2) is 0 Å². The largest absolute Gasteiger partial charge is 0.508 e. The topological polar surface area (TPSA) is 52.9 Å². The zero-order valence-corrected chi connectivity index (χ0v) is 16.0. The highest BCUT2D eigenvalue weighted by atomic mass is 16.6. The average Bonchev–Trinajstić information content (AvgIpc) is 2.74. The molecule has 0 amide bonds. The fourth-order valence-corrected chi connectivity index (χ4v) is 4.21. The summed E-state index contributed by atoms with van der Waals surface area (Å²) in [5.74, 6) is 0.518. The number of hydrogen-bond donors (Lipinski definition) is 2. The number of fused-ring (bicyclic) bond motifs is 3. The molecule has 0 saturated heterocycles. The van der Waals surface area contributed by atoms with E-state index < -0.39 is 6.29 Å². The zero-order chi connectivity index (χ0) is 20.0. The Morgan fingerprint density at radius 2 is 1.38 bits per heavy atom. The Balaban J connectivity index is 1.54. The monoisotopic (exact) mass is 383 g/mol. The molecule has 0 aliphatic carbocycles. The summed E-state index contributed by atoms with van der Waals surface area (Å²) in [5, 5.41) is 22.6. The number of hydrogen-bond acceptors (Lipinski definition) is 4. The van der Waals surface area contributed by atoms with Crippen LogP contribution < -0.4 is 9.64 Å². The molecule has 0 fully saturated rings. The number of aliphatic hydroxyl groups excluding tert-OH is 1. The highest BCUT2D eigenvalue weighted by Crippen LogP contribution is 2.46. The Morgan fingerprint density at radius 1 is 0.793 bits per heavy atom. The van der Waals surface area contributed by atoms with E-state index in [4.69, 9.17) is 4.74 Å². The zero-order valence-electron chi connectivity index (χ0n) is 16.0. The van der Waals surface area contributed by atoms with Crippen LogP contribution in [0.15, 0.2) is 84.9 Å². The maximum absolute atomic E-state index is 11.1. The molecule has 1 heterocycles. The van der Waals surface area contributed by atoms with E-state index in [0.29, 0.717) is 5.75 Å². The van der Waals surface area contributed by atoms with Gasteiger partial charge in [-0.15, -0.1) is 0 Å². The predicted octanol–water partition coefficient (Wildman–Crippen LogP) is 5.16. The summed E-state index contributed by atoms with van der Waals surface area (Å²) in [6.45, 7) is 0. The van der Waals surface area contributed by atoms with Crippen molar-refractivity contribution in [3.05, 3.63) is 96.1 Å². The van der Waals surface area contributed by atoms with Gasteiger partial charge in [0.2, 0.25) is 6.29 Å². The van der Waals surface area contributed by atoms with Crippen LogP contribution in [-0.4, -0.2) is 23.6 Å². The Kier molecular flexibility index (Phi) is 4.14. The summed E-state index contributed by atoms with van der Waals surface area (Å²) in [4.78, 5) is 2.15. The quantitative estimate of drug-likeness (QED) is 0.480. The lowest BCUT2D eigenvalue weighted by molar-refractivity contribution is -0.0291. The van der Waals surface area contributed by atoms with Gasteiger partial charge in [-0.1, -0.05) is 48.5 Å². The number of ether oxygens (including phenoxy) is 1. The second-order valence-corrected chi connectivity index (χ2v) is 7.36. The van der Waals surface area contributed by atoms with Crippen molar-refractivity contribution < 1.29 is 14.9 Å². The van der Waals surface area contributed by atoms with Crippen LogP contribution in [-0.2, 0) is 0 Å². The normalized spacial score (nSPS) is 14.3. The molecule has 4 aromatic rings. The summed E-state index contributed by atoms with van der Waals surface area (Å²) >= 11 is 0. The molecule has 144 valence electrons. The summed E-state index contributed by atoms with van der Waals surface area (Å²) in [5.41, 5.74) is 4.19. The number of phenolic OH excluding ortho intramolecular Hbond substituents is 1. The van der Waals surface area contributed by atoms with Crippen molar-refractivity contribution in [2.75, 3.05) is 11.9 Å². The van der Waals surface area contributed by atoms with Crippen molar-refractivity contribution in [1.29, 1.82) is 0 Å². The molecule has 0 bridgehead atoms. The Morgan fingerprint density at radius 3 is 2.07 bits per heavy atom. The van der Waals surface area contributed by atoms with E-state index in [2.05, 4.69) is 17.0 Å². The van der Waals surface area contributed by atoms with Crippen LogP contribution in [0.5, 0.6) is 11.5 Å². The number of aliphatic hydroxyl groups is 1. The fraction of sp³-hybridized carbons (Fsp3) is 0.120. The second-order valence-electron chi connectivity index (χ2n) is 7.36. The van der Waals surface area contributed by atoms with Crippen LogP contribution in [0, 0.1) is 0 Å². The molecule has 1 atom stereocenters.